The molecule has 0 N–H and O–H groups in total. The van der Waals surface area contributed by atoms with Gasteiger partial charge in [-0.3, -0.25) is 4.79 Å². The molecule has 0 bridgehead atoms. The smallest absolute Gasteiger partial charge is 0.430 e. The Kier molecular flexibility index (Phi) is 4.14. The second-order valence-electron chi connectivity index (χ2n) is 6.42. The number of aromatic nitrogens is 2. The van der Waals surface area contributed by atoms with Gasteiger partial charge < -0.3 is 4.74 Å². The number of alkyl halides is 3. The van der Waals surface area contributed by atoms with Gasteiger partial charge in [0.1, 0.15) is 11.6 Å². The van der Waals surface area contributed by atoms with Crippen molar-refractivity contribution >= 4 is 28.4 Å². The van der Waals surface area contributed by atoms with Crippen molar-refractivity contribution in [1.82, 2.24) is 9.97 Å². The summed E-state index contributed by atoms with van der Waals surface area (Å²) in [6, 6.07) is 11.6. The molecule has 4 rings (SSSR count). The van der Waals surface area contributed by atoms with Crippen molar-refractivity contribution in [2.75, 3.05) is 7.11 Å². The molecular weight excluding hydrogens is 371 g/mol. The number of para-hydroxylation sites is 2. The number of benzene rings is 2. The molecule has 8 heteroatoms. The number of hydrogen-bond acceptors (Lipinski definition) is 5. The van der Waals surface area contributed by atoms with E-state index in [1.54, 1.807) is 36.4 Å². The van der Waals surface area contributed by atoms with Gasteiger partial charge in [-0.2, -0.15) is 13.2 Å². The Hall–Kier alpha value is -3.29. The first-order valence-electron chi connectivity index (χ1n) is 8.41. The number of esters is 1. The predicted octanol–water partition coefficient (Wildman–Crippen LogP) is 4.51. The van der Waals surface area contributed by atoms with Crippen LogP contribution in [0.25, 0.3) is 22.3 Å². The van der Waals surface area contributed by atoms with Crippen LogP contribution in [0.5, 0.6) is 0 Å². The summed E-state index contributed by atoms with van der Waals surface area (Å²) in [4.78, 5) is 25.1. The Morgan fingerprint density at radius 2 is 1.75 bits per heavy atom. The second kappa shape index (κ2) is 6.40. The van der Waals surface area contributed by atoms with E-state index < -0.39 is 23.8 Å². The van der Waals surface area contributed by atoms with Gasteiger partial charge in [-0.1, -0.05) is 23.8 Å². The molecule has 28 heavy (non-hydrogen) atoms. The average molecular weight is 385 g/mol. The third-order valence-electron chi connectivity index (χ3n) is 4.52. The molecule has 0 saturated heterocycles. The molecule has 1 aliphatic heterocycles. The Morgan fingerprint density at radius 3 is 2.39 bits per heavy atom. The Morgan fingerprint density at radius 1 is 1.07 bits per heavy atom. The van der Waals surface area contributed by atoms with Crippen LogP contribution in [0.2, 0.25) is 0 Å². The molecule has 1 aromatic heterocycles. The van der Waals surface area contributed by atoms with E-state index in [1.165, 1.54) is 6.07 Å². The largest absolute Gasteiger partial charge is 0.468 e. The molecule has 0 aliphatic carbocycles. The first-order chi connectivity index (χ1) is 13.3. The van der Waals surface area contributed by atoms with Crippen LogP contribution >= 0.6 is 0 Å². The van der Waals surface area contributed by atoms with E-state index >= 15 is 0 Å². The number of fused-ring (bicyclic) bond motifs is 4. The lowest BCUT2D eigenvalue weighted by molar-refractivity contribution is -0.142. The number of methoxy groups -OCH3 is 1. The van der Waals surface area contributed by atoms with Gasteiger partial charge in [0, 0.05) is 5.56 Å². The fourth-order valence-corrected chi connectivity index (χ4v) is 3.24. The van der Waals surface area contributed by atoms with Gasteiger partial charge in [-0.05, 0) is 31.2 Å². The maximum absolute atomic E-state index is 13.9. The molecule has 2 aromatic carbocycles. The molecule has 0 radical (unpaired) electrons. The zero-order chi connectivity index (χ0) is 20.1. The molecule has 1 atom stereocenters. The van der Waals surface area contributed by atoms with E-state index in [-0.39, 0.29) is 17.1 Å². The van der Waals surface area contributed by atoms with Gasteiger partial charge in [0.2, 0.25) is 0 Å². The third kappa shape index (κ3) is 2.90. The normalized spacial score (nSPS) is 16.0. The van der Waals surface area contributed by atoms with Crippen LogP contribution in [0.15, 0.2) is 47.5 Å². The van der Waals surface area contributed by atoms with E-state index in [4.69, 9.17) is 0 Å². The van der Waals surface area contributed by atoms with E-state index in [0.29, 0.717) is 16.6 Å². The molecule has 0 saturated carbocycles. The van der Waals surface area contributed by atoms with Crippen molar-refractivity contribution in [3.05, 3.63) is 53.7 Å². The highest BCUT2D eigenvalue weighted by molar-refractivity contribution is 6.13. The third-order valence-corrected chi connectivity index (χ3v) is 4.52. The Labute approximate surface area is 157 Å². The monoisotopic (exact) mass is 385 g/mol. The van der Waals surface area contributed by atoms with Gasteiger partial charge in [0.05, 0.1) is 35.2 Å². The van der Waals surface area contributed by atoms with Crippen LogP contribution in [-0.4, -0.2) is 34.9 Å². The lowest BCUT2D eigenvalue weighted by Crippen LogP contribution is -2.35. The number of carbonyl (C=O) groups is 1. The SMILES string of the molecule is COC(=O)C1C(C(F)(F)F)=Nc2ccc(C)cc2-c2nc3ccccc3nc21. The first-order valence-corrected chi connectivity index (χ1v) is 8.41. The summed E-state index contributed by atoms with van der Waals surface area (Å²) in [5.74, 6) is -2.92. The fraction of sp³-hybridized carbons (Fsp3) is 0.200. The maximum Gasteiger partial charge on any atom is 0.430 e. The highest BCUT2D eigenvalue weighted by Crippen LogP contribution is 2.43. The topological polar surface area (TPSA) is 64.4 Å². The van der Waals surface area contributed by atoms with Crippen LogP contribution in [-0.2, 0) is 9.53 Å². The number of aliphatic imine (C=N–C) groups is 1. The van der Waals surface area contributed by atoms with E-state index in [0.717, 1.165) is 12.7 Å². The molecule has 0 fully saturated rings. The predicted molar refractivity (Wildman–Crippen MR) is 97.6 cm³/mol. The average Bonchev–Trinajstić information content (AvgIpc) is 2.80. The number of ether oxygens (including phenoxy) is 1. The summed E-state index contributed by atoms with van der Waals surface area (Å²) in [6.07, 6.45) is -4.85. The summed E-state index contributed by atoms with van der Waals surface area (Å²) in [7, 11) is 1.03. The fourth-order valence-electron chi connectivity index (χ4n) is 3.24. The maximum atomic E-state index is 13.9. The zero-order valence-electron chi connectivity index (χ0n) is 14.9. The molecule has 1 unspecified atom stereocenters. The van der Waals surface area contributed by atoms with E-state index in [9.17, 15) is 18.0 Å². The Balaban J connectivity index is 2.15. The van der Waals surface area contributed by atoms with Gasteiger partial charge in [0.15, 0.2) is 0 Å². The number of hydrogen-bond donors (Lipinski definition) is 0. The van der Waals surface area contributed by atoms with Gasteiger partial charge in [0.25, 0.3) is 0 Å². The highest BCUT2D eigenvalue weighted by atomic mass is 19.4. The molecule has 2 heterocycles. The molecule has 0 amide bonds. The van der Waals surface area contributed by atoms with E-state index in [1.807, 2.05) is 6.92 Å². The standard InChI is InChI=1S/C20H14F3N3O2/c1-10-7-8-12-11(9-10)16-17(25-14-6-4-3-5-13(14)24-16)15(19(27)28-2)18(26-12)20(21,22)23/h3-9,15H,1-2H3. The van der Waals surface area contributed by atoms with Crippen molar-refractivity contribution in [3.8, 4) is 11.3 Å². The van der Waals surface area contributed by atoms with Crippen molar-refractivity contribution in [3.63, 3.8) is 0 Å². The van der Waals surface area contributed by atoms with Crippen LogP contribution in [0.4, 0.5) is 18.9 Å². The lowest BCUT2D eigenvalue weighted by Gasteiger charge is -2.19. The highest BCUT2D eigenvalue weighted by Gasteiger charge is 2.48. The van der Waals surface area contributed by atoms with E-state index in [2.05, 4.69) is 19.7 Å². The number of aryl methyl sites for hydroxylation is 1. The molecule has 5 nitrogen and oxygen atoms in total. The Bertz CT molecular complexity index is 1140. The summed E-state index contributed by atoms with van der Waals surface area (Å²) < 4.78 is 46.3. The van der Waals surface area contributed by atoms with Crippen molar-refractivity contribution in [2.24, 2.45) is 4.99 Å². The number of rotatable bonds is 1. The summed E-state index contributed by atoms with van der Waals surface area (Å²) >= 11 is 0. The summed E-state index contributed by atoms with van der Waals surface area (Å²) in [5, 5.41) is 0. The van der Waals surface area contributed by atoms with Crippen molar-refractivity contribution in [1.29, 1.82) is 0 Å². The first kappa shape index (κ1) is 18.1. The van der Waals surface area contributed by atoms with Crippen molar-refractivity contribution < 1.29 is 22.7 Å². The summed E-state index contributed by atoms with van der Waals surface area (Å²) in [6.45, 7) is 1.81. The minimum atomic E-state index is -4.85. The minimum Gasteiger partial charge on any atom is -0.468 e. The number of carbonyl (C=O) groups excluding carboxylic acids is 1. The van der Waals surface area contributed by atoms with Gasteiger partial charge in [-0.25, -0.2) is 15.0 Å². The summed E-state index contributed by atoms with van der Waals surface area (Å²) in [5.41, 5.74) is 0.978. The quantitative estimate of drug-likeness (QED) is 0.578. The van der Waals surface area contributed by atoms with Crippen LogP contribution in [0.3, 0.4) is 0 Å². The lowest BCUT2D eigenvalue weighted by atomic mass is 9.94. The van der Waals surface area contributed by atoms with Gasteiger partial charge in [-0.15, -0.1) is 0 Å². The second-order valence-corrected chi connectivity index (χ2v) is 6.42. The van der Waals surface area contributed by atoms with Crippen LogP contribution in [0.1, 0.15) is 17.2 Å². The molecule has 0 spiro atoms. The minimum absolute atomic E-state index is 0.0789. The van der Waals surface area contributed by atoms with Crippen LogP contribution < -0.4 is 0 Å². The molecule has 3 aromatic rings. The molecular formula is C20H14F3N3O2. The van der Waals surface area contributed by atoms with Crippen LogP contribution in [0, 0.1) is 6.92 Å². The van der Waals surface area contributed by atoms with Crippen molar-refractivity contribution in [2.45, 2.75) is 19.0 Å². The zero-order valence-corrected chi connectivity index (χ0v) is 14.9. The van der Waals surface area contributed by atoms with Gasteiger partial charge >= 0.3 is 12.1 Å². The molecule has 1 aliphatic rings. The number of halogens is 3. The number of nitrogens with zero attached hydrogens (tertiary/aromatic N) is 3. The molecule has 142 valence electrons.